The molecular weight excluding hydrogens is 432 g/mol. The fourth-order valence-corrected chi connectivity index (χ4v) is 3.18. The van der Waals surface area contributed by atoms with Gasteiger partial charge in [0.25, 0.3) is 0 Å². The summed E-state index contributed by atoms with van der Waals surface area (Å²) in [6.45, 7) is 4.97. The summed E-state index contributed by atoms with van der Waals surface area (Å²) in [7, 11) is 0. The van der Waals surface area contributed by atoms with Gasteiger partial charge in [0.15, 0.2) is 5.96 Å². The van der Waals surface area contributed by atoms with Gasteiger partial charge in [0.2, 0.25) is 0 Å². The van der Waals surface area contributed by atoms with E-state index >= 15 is 0 Å². The summed E-state index contributed by atoms with van der Waals surface area (Å²) in [4.78, 5) is 4.55. The van der Waals surface area contributed by atoms with Crippen LogP contribution < -0.4 is 11.1 Å². The van der Waals surface area contributed by atoms with Crippen molar-refractivity contribution in [2.75, 3.05) is 26.3 Å². The highest BCUT2D eigenvalue weighted by Crippen LogP contribution is 2.35. The van der Waals surface area contributed by atoms with E-state index in [1.807, 2.05) is 6.07 Å². The molecule has 1 aliphatic rings. The van der Waals surface area contributed by atoms with Crippen LogP contribution in [0, 0.1) is 5.82 Å². The molecule has 4 nitrogen and oxygen atoms in total. The topological polar surface area (TPSA) is 59.6 Å². The Morgan fingerprint density at radius 3 is 2.72 bits per heavy atom. The number of aliphatic imine (C=N–C) groups is 1. The first kappa shape index (κ1) is 22.2. The van der Waals surface area contributed by atoms with Gasteiger partial charge >= 0.3 is 0 Å². The predicted molar refractivity (Wildman–Crippen MR) is 112 cm³/mol. The summed E-state index contributed by atoms with van der Waals surface area (Å²) >= 11 is 0. The lowest BCUT2D eigenvalue weighted by Gasteiger charge is -2.36. The van der Waals surface area contributed by atoms with Crippen molar-refractivity contribution in [3.63, 3.8) is 0 Å². The maximum absolute atomic E-state index is 13.7. The van der Waals surface area contributed by atoms with Crippen LogP contribution in [0.25, 0.3) is 0 Å². The molecule has 3 N–H and O–H groups in total. The number of hydrogen-bond donors (Lipinski definition) is 2. The lowest BCUT2D eigenvalue weighted by Crippen LogP contribution is -2.39. The van der Waals surface area contributed by atoms with Crippen molar-refractivity contribution in [3.8, 4) is 0 Å². The molecule has 0 aromatic heterocycles. The van der Waals surface area contributed by atoms with Crippen molar-refractivity contribution >= 4 is 29.9 Å². The highest BCUT2D eigenvalue weighted by atomic mass is 127. The zero-order valence-corrected chi connectivity index (χ0v) is 17.4. The van der Waals surface area contributed by atoms with E-state index in [0.717, 1.165) is 31.4 Å². The van der Waals surface area contributed by atoms with Gasteiger partial charge < -0.3 is 15.8 Å². The second kappa shape index (κ2) is 11.7. The lowest BCUT2D eigenvalue weighted by molar-refractivity contribution is 0.0530. The standard InChI is InChI=1S/C19H30FN3O.HI/c1-2-3-4-5-11-22-18(21)23-15-19(9-12-24-13-10-19)16-7-6-8-17(20)14-16;/h6-8,14H,2-5,9-13,15H2,1H3,(H3,21,22,23);1H. The first-order valence-electron chi connectivity index (χ1n) is 9.04. The first-order chi connectivity index (χ1) is 11.7. The molecule has 0 saturated carbocycles. The van der Waals surface area contributed by atoms with Gasteiger partial charge in [0.05, 0.1) is 6.54 Å². The number of nitrogens with one attached hydrogen (secondary N) is 1. The van der Waals surface area contributed by atoms with E-state index in [1.54, 1.807) is 12.1 Å². The molecule has 1 aliphatic heterocycles. The van der Waals surface area contributed by atoms with Crippen molar-refractivity contribution < 1.29 is 9.13 Å². The van der Waals surface area contributed by atoms with E-state index in [4.69, 9.17) is 10.5 Å². The van der Waals surface area contributed by atoms with Gasteiger partial charge in [-0.25, -0.2) is 4.39 Å². The molecule has 2 rings (SSSR count). The molecule has 0 aliphatic carbocycles. The molecule has 0 atom stereocenters. The molecule has 25 heavy (non-hydrogen) atoms. The summed E-state index contributed by atoms with van der Waals surface area (Å²) in [6.07, 6.45) is 6.46. The third kappa shape index (κ3) is 7.09. The van der Waals surface area contributed by atoms with Gasteiger partial charge in [-0.1, -0.05) is 38.3 Å². The van der Waals surface area contributed by atoms with E-state index in [9.17, 15) is 4.39 Å². The predicted octanol–water partition coefficient (Wildman–Crippen LogP) is 3.98. The third-order valence-electron chi connectivity index (χ3n) is 4.78. The number of rotatable bonds is 8. The highest BCUT2D eigenvalue weighted by molar-refractivity contribution is 14.0. The summed E-state index contributed by atoms with van der Waals surface area (Å²) < 4.78 is 19.2. The van der Waals surface area contributed by atoms with E-state index in [0.29, 0.717) is 25.7 Å². The molecule has 1 aromatic rings. The molecule has 1 aromatic carbocycles. The summed E-state index contributed by atoms with van der Waals surface area (Å²) in [5.74, 6) is 0.276. The van der Waals surface area contributed by atoms with Gasteiger partial charge in [-0.05, 0) is 37.0 Å². The monoisotopic (exact) mass is 463 g/mol. The average Bonchev–Trinajstić information content (AvgIpc) is 2.61. The Labute approximate surface area is 167 Å². The molecule has 6 heteroatoms. The van der Waals surface area contributed by atoms with Gasteiger partial charge in [-0.15, -0.1) is 24.0 Å². The number of guanidine groups is 1. The minimum atomic E-state index is -0.204. The molecule has 1 fully saturated rings. The van der Waals surface area contributed by atoms with Crippen LogP contribution >= 0.6 is 24.0 Å². The van der Waals surface area contributed by atoms with Crippen molar-refractivity contribution in [3.05, 3.63) is 35.6 Å². The second-order valence-electron chi connectivity index (χ2n) is 6.59. The van der Waals surface area contributed by atoms with Crippen LogP contribution in [-0.2, 0) is 10.2 Å². The summed E-state index contributed by atoms with van der Waals surface area (Å²) in [5, 5.41) is 3.18. The Kier molecular flexibility index (Phi) is 10.3. The Balaban J connectivity index is 0.00000312. The van der Waals surface area contributed by atoms with Gasteiger partial charge in [0, 0.05) is 25.2 Å². The van der Waals surface area contributed by atoms with Gasteiger partial charge in [-0.3, -0.25) is 4.99 Å². The molecule has 0 bridgehead atoms. The van der Waals surface area contributed by atoms with Crippen LogP contribution in [0.15, 0.2) is 29.3 Å². The molecule has 0 spiro atoms. The molecule has 0 unspecified atom stereocenters. The molecule has 0 radical (unpaired) electrons. The Morgan fingerprint density at radius 2 is 2.04 bits per heavy atom. The normalized spacial score (nSPS) is 17.0. The van der Waals surface area contributed by atoms with E-state index < -0.39 is 0 Å². The van der Waals surface area contributed by atoms with Crippen LogP contribution in [0.2, 0.25) is 0 Å². The largest absolute Gasteiger partial charge is 0.381 e. The summed E-state index contributed by atoms with van der Waals surface area (Å²) in [5.41, 5.74) is 6.81. The van der Waals surface area contributed by atoms with Crippen LogP contribution in [0.5, 0.6) is 0 Å². The quantitative estimate of drug-likeness (QED) is 0.266. The van der Waals surface area contributed by atoms with E-state index in [-0.39, 0.29) is 35.2 Å². The molecule has 0 amide bonds. The number of benzene rings is 1. The van der Waals surface area contributed by atoms with Gasteiger partial charge in [-0.2, -0.15) is 0 Å². The minimum Gasteiger partial charge on any atom is -0.381 e. The molecule has 142 valence electrons. The molecule has 1 saturated heterocycles. The minimum absolute atomic E-state index is 0. The van der Waals surface area contributed by atoms with Gasteiger partial charge in [0.1, 0.15) is 5.82 Å². The number of unbranched alkanes of at least 4 members (excludes halogenated alkanes) is 3. The fraction of sp³-hybridized carbons (Fsp3) is 0.632. The smallest absolute Gasteiger partial charge is 0.188 e. The van der Waals surface area contributed by atoms with Crippen LogP contribution in [0.1, 0.15) is 51.0 Å². The van der Waals surface area contributed by atoms with Crippen molar-refractivity contribution in [1.29, 1.82) is 0 Å². The third-order valence-corrected chi connectivity index (χ3v) is 4.78. The number of ether oxygens (including phenoxy) is 1. The maximum atomic E-state index is 13.7. The Hall–Kier alpha value is -0.890. The first-order valence-corrected chi connectivity index (χ1v) is 9.04. The summed E-state index contributed by atoms with van der Waals surface area (Å²) in [6, 6.07) is 6.85. The number of nitrogens with zero attached hydrogens (tertiary/aromatic N) is 1. The van der Waals surface area contributed by atoms with Crippen LogP contribution in [0.3, 0.4) is 0 Å². The lowest BCUT2D eigenvalue weighted by atomic mass is 9.74. The molecule has 1 heterocycles. The SMILES string of the molecule is CCCCCCNC(N)=NCC1(c2cccc(F)c2)CCOCC1.I. The second-order valence-corrected chi connectivity index (χ2v) is 6.59. The van der Waals surface area contributed by atoms with Crippen LogP contribution in [0.4, 0.5) is 4.39 Å². The van der Waals surface area contributed by atoms with Crippen molar-refractivity contribution in [2.45, 2.75) is 50.9 Å². The number of halogens is 2. The zero-order valence-electron chi connectivity index (χ0n) is 15.1. The van der Waals surface area contributed by atoms with E-state index in [2.05, 4.69) is 17.2 Å². The fourth-order valence-electron chi connectivity index (χ4n) is 3.18. The van der Waals surface area contributed by atoms with E-state index in [1.165, 1.54) is 25.3 Å². The number of nitrogens with two attached hydrogens (primary N) is 1. The Bertz CT molecular complexity index is 533. The maximum Gasteiger partial charge on any atom is 0.188 e. The highest BCUT2D eigenvalue weighted by Gasteiger charge is 2.34. The molecular formula is C19H31FIN3O. The Morgan fingerprint density at radius 1 is 1.28 bits per heavy atom. The zero-order chi connectivity index (χ0) is 17.3. The average molecular weight is 463 g/mol. The van der Waals surface area contributed by atoms with Crippen molar-refractivity contribution in [1.82, 2.24) is 5.32 Å². The van der Waals surface area contributed by atoms with Crippen molar-refractivity contribution in [2.24, 2.45) is 10.7 Å². The van der Waals surface area contributed by atoms with Crippen LogP contribution in [-0.4, -0.2) is 32.3 Å². The number of hydrogen-bond acceptors (Lipinski definition) is 2.